The number of rotatable bonds is 5. The predicted octanol–water partition coefficient (Wildman–Crippen LogP) is 0.164. The SMILES string of the molecule is Cc1[nH]ncc1CCCNC(=O)c1c[nH]c(=O)cn1. The molecule has 0 aromatic carbocycles. The fourth-order valence-electron chi connectivity index (χ4n) is 1.67. The van der Waals surface area contributed by atoms with Gasteiger partial charge in [-0.25, -0.2) is 4.98 Å². The Morgan fingerprint density at radius 1 is 1.42 bits per heavy atom. The van der Waals surface area contributed by atoms with Crippen molar-refractivity contribution in [2.45, 2.75) is 19.8 Å². The number of amides is 1. The Balaban J connectivity index is 1.77. The van der Waals surface area contributed by atoms with Gasteiger partial charge in [-0.2, -0.15) is 5.10 Å². The van der Waals surface area contributed by atoms with Crippen molar-refractivity contribution in [3.8, 4) is 0 Å². The summed E-state index contributed by atoms with van der Waals surface area (Å²) in [7, 11) is 0. The van der Waals surface area contributed by atoms with Gasteiger partial charge in [0.1, 0.15) is 5.69 Å². The summed E-state index contributed by atoms with van der Waals surface area (Å²) in [4.78, 5) is 28.6. The summed E-state index contributed by atoms with van der Waals surface area (Å²) in [6, 6.07) is 0. The summed E-state index contributed by atoms with van der Waals surface area (Å²) in [6.07, 6.45) is 5.85. The predicted molar refractivity (Wildman–Crippen MR) is 68.8 cm³/mol. The Hall–Kier alpha value is -2.44. The Kier molecular flexibility index (Phi) is 4.07. The molecular formula is C12H15N5O2. The van der Waals surface area contributed by atoms with E-state index in [1.54, 1.807) is 6.20 Å². The van der Waals surface area contributed by atoms with Gasteiger partial charge in [-0.05, 0) is 25.3 Å². The summed E-state index contributed by atoms with van der Waals surface area (Å²) in [5.74, 6) is -0.292. The molecule has 2 heterocycles. The Morgan fingerprint density at radius 2 is 2.26 bits per heavy atom. The molecular weight excluding hydrogens is 246 g/mol. The number of hydrogen-bond acceptors (Lipinski definition) is 4. The number of aryl methyl sites for hydroxylation is 2. The number of hydrogen-bond donors (Lipinski definition) is 3. The number of nitrogens with zero attached hydrogens (tertiary/aromatic N) is 2. The third kappa shape index (κ3) is 3.51. The van der Waals surface area contributed by atoms with Crippen LogP contribution in [-0.4, -0.2) is 32.6 Å². The van der Waals surface area contributed by atoms with Crippen LogP contribution in [0, 0.1) is 6.92 Å². The van der Waals surface area contributed by atoms with E-state index in [1.807, 2.05) is 6.92 Å². The van der Waals surface area contributed by atoms with Crippen molar-refractivity contribution < 1.29 is 4.79 Å². The molecule has 0 atom stereocenters. The molecule has 0 aliphatic carbocycles. The van der Waals surface area contributed by atoms with Crippen LogP contribution in [0.15, 0.2) is 23.4 Å². The van der Waals surface area contributed by atoms with E-state index < -0.39 is 0 Å². The minimum absolute atomic E-state index is 0.207. The lowest BCUT2D eigenvalue weighted by Gasteiger charge is -2.04. The van der Waals surface area contributed by atoms with Crippen LogP contribution in [0.5, 0.6) is 0 Å². The van der Waals surface area contributed by atoms with Gasteiger partial charge in [0.25, 0.3) is 11.5 Å². The molecule has 2 aromatic rings. The minimum Gasteiger partial charge on any atom is -0.351 e. The van der Waals surface area contributed by atoms with Crippen LogP contribution in [0.2, 0.25) is 0 Å². The molecule has 0 unspecified atom stereocenters. The second kappa shape index (κ2) is 5.94. The van der Waals surface area contributed by atoms with Gasteiger partial charge >= 0.3 is 0 Å². The van der Waals surface area contributed by atoms with Gasteiger partial charge < -0.3 is 10.3 Å². The molecule has 0 saturated heterocycles. The van der Waals surface area contributed by atoms with Crippen molar-refractivity contribution >= 4 is 5.91 Å². The molecule has 7 heteroatoms. The van der Waals surface area contributed by atoms with E-state index >= 15 is 0 Å². The van der Waals surface area contributed by atoms with E-state index in [0.717, 1.165) is 30.3 Å². The van der Waals surface area contributed by atoms with Gasteiger partial charge in [-0.3, -0.25) is 14.7 Å². The monoisotopic (exact) mass is 261 g/mol. The molecule has 0 spiro atoms. The number of nitrogens with one attached hydrogen (secondary N) is 3. The first-order valence-electron chi connectivity index (χ1n) is 5.98. The normalized spacial score (nSPS) is 10.4. The minimum atomic E-state index is -0.327. The molecule has 7 nitrogen and oxygen atoms in total. The highest BCUT2D eigenvalue weighted by Crippen LogP contribution is 2.05. The van der Waals surface area contributed by atoms with Crippen LogP contribution in [0.3, 0.4) is 0 Å². The number of carbonyl (C=O) groups is 1. The Bertz CT molecular complexity index is 596. The second-order valence-corrected chi connectivity index (χ2v) is 4.18. The summed E-state index contributed by atoms with van der Waals surface area (Å²) in [5.41, 5.74) is 2.08. The van der Waals surface area contributed by atoms with Gasteiger partial charge in [0.05, 0.1) is 12.4 Å². The van der Waals surface area contributed by atoms with Gasteiger partial charge in [0, 0.05) is 18.4 Å². The highest BCUT2D eigenvalue weighted by molar-refractivity contribution is 5.91. The maximum Gasteiger partial charge on any atom is 0.271 e. The lowest BCUT2D eigenvalue weighted by molar-refractivity contribution is 0.0948. The van der Waals surface area contributed by atoms with Gasteiger partial charge in [0.2, 0.25) is 0 Å². The molecule has 0 aliphatic rings. The van der Waals surface area contributed by atoms with Crippen molar-refractivity contribution in [1.82, 2.24) is 25.5 Å². The highest BCUT2D eigenvalue weighted by Gasteiger charge is 2.06. The molecule has 100 valence electrons. The van der Waals surface area contributed by atoms with E-state index in [1.165, 1.54) is 6.20 Å². The van der Waals surface area contributed by atoms with Crippen LogP contribution >= 0.6 is 0 Å². The quantitative estimate of drug-likeness (QED) is 0.667. The van der Waals surface area contributed by atoms with E-state index in [9.17, 15) is 9.59 Å². The largest absolute Gasteiger partial charge is 0.351 e. The first-order chi connectivity index (χ1) is 9.16. The summed E-state index contributed by atoms with van der Waals surface area (Å²) in [5, 5.41) is 9.55. The van der Waals surface area contributed by atoms with E-state index in [-0.39, 0.29) is 17.2 Å². The van der Waals surface area contributed by atoms with Crippen molar-refractivity contribution in [3.05, 3.63) is 45.9 Å². The van der Waals surface area contributed by atoms with Crippen LogP contribution < -0.4 is 10.9 Å². The third-order valence-electron chi connectivity index (χ3n) is 2.75. The zero-order valence-corrected chi connectivity index (χ0v) is 10.6. The zero-order chi connectivity index (χ0) is 13.7. The molecule has 0 radical (unpaired) electrons. The molecule has 0 fully saturated rings. The van der Waals surface area contributed by atoms with Gasteiger partial charge in [-0.1, -0.05) is 0 Å². The van der Waals surface area contributed by atoms with Crippen molar-refractivity contribution in [3.63, 3.8) is 0 Å². The van der Waals surface area contributed by atoms with Crippen molar-refractivity contribution in [1.29, 1.82) is 0 Å². The van der Waals surface area contributed by atoms with Crippen LogP contribution in [-0.2, 0) is 6.42 Å². The van der Waals surface area contributed by atoms with Crippen LogP contribution in [0.1, 0.15) is 28.2 Å². The van der Waals surface area contributed by atoms with Crippen molar-refractivity contribution in [2.75, 3.05) is 6.54 Å². The first kappa shape index (κ1) is 13.0. The van der Waals surface area contributed by atoms with Gasteiger partial charge in [0.15, 0.2) is 0 Å². The maximum absolute atomic E-state index is 11.7. The van der Waals surface area contributed by atoms with Crippen LogP contribution in [0.25, 0.3) is 0 Å². The number of aromatic nitrogens is 4. The summed E-state index contributed by atoms with van der Waals surface area (Å²) in [6.45, 7) is 2.51. The fourth-order valence-corrected chi connectivity index (χ4v) is 1.67. The summed E-state index contributed by atoms with van der Waals surface area (Å²) >= 11 is 0. The van der Waals surface area contributed by atoms with Gasteiger partial charge in [-0.15, -0.1) is 0 Å². The fraction of sp³-hybridized carbons (Fsp3) is 0.333. The number of carbonyl (C=O) groups excluding carboxylic acids is 1. The molecule has 2 rings (SSSR count). The van der Waals surface area contributed by atoms with E-state index in [0.29, 0.717) is 6.54 Å². The Morgan fingerprint density at radius 3 is 2.89 bits per heavy atom. The average Bonchev–Trinajstić information content (AvgIpc) is 2.81. The third-order valence-corrected chi connectivity index (χ3v) is 2.75. The van der Waals surface area contributed by atoms with Crippen molar-refractivity contribution in [2.24, 2.45) is 0 Å². The topological polar surface area (TPSA) is 104 Å². The standard InChI is InChI=1S/C12H15N5O2/c1-8-9(5-16-17-8)3-2-4-13-12(19)10-6-15-11(18)7-14-10/h5-7H,2-4H2,1H3,(H,13,19)(H,15,18)(H,16,17). The second-order valence-electron chi connectivity index (χ2n) is 4.18. The summed E-state index contributed by atoms with van der Waals surface area (Å²) < 4.78 is 0. The lowest BCUT2D eigenvalue weighted by atomic mass is 10.1. The first-order valence-corrected chi connectivity index (χ1v) is 5.98. The average molecular weight is 261 g/mol. The Labute approximate surface area is 109 Å². The molecule has 1 amide bonds. The molecule has 0 bridgehead atoms. The van der Waals surface area contributed by atoms with E-state index in [2.05, 4.69) is 25.5 Å². The maximum atomic E-state index is 11.7. The molecule has 3 N–H and O–H groups in total. The number of H-pyrrole nitrogens is 2. The molecule has 19 heavy (non-hydrogen) atoms. The zero-order valence-electron chi connectivity index (χ0n) is 10.6. The highest BCUT2D eigenvalue weighted by atomic mass is 16.2. The molecule has 2 aromatic heterocycles. The lowest BCUT2D eigenvalue weighted by Crippen LogP contribution is -2.26. The number of aromatic amines is 2. The smallest absolute Gasteiger partial charge is 0.271 e. The van der Waals surface area contributed by atoms with E-state index in [4.69, 9.17) is 0 Å². The molecule has 0 aliphatic heterocycles. The van der Waals surface area contributed by atoms with Crippen LogP contribution in [0.4, 0.5) is 0 Å². The molecule has 0 saturated carbocycles.